The SMILES string of the molecule is Cc1cc(Cc2cccc(F)c2)cc(C2CCN(C(=O)C3NNC4CCC(C)CC43)C2)n1. The Labute approximate surface area is 189 Å². The number of aromatic nitrogens is 1. The van der Waals surface area contributed by atoms with Crippen LogP contribution >= 0.6 is 0 Å². The van der Waals surface area contributed by atoms with Crippen LogP contribution in [-0.2, 0) is 11.2 Å². The fraction of sp³-hybridized carbons (Fsp3) is 0.538. The molecule has 6 heteroatoms. The molecule has 2 aromatic rings. The smallest absolute Gasteiger partial charge is 0.241 e. The summed E-state index contributed by atoms with van der Waals surface area (Å²) in [7, 11) is 0. The molecule has 1 aromatic carbocycles. The minimum absolute atomic E-state index is 0.115. The molecule has 1 aliphatic carbocycles. The monoisotopic (exact) mass is 436 g/mol. The second-order valence-corrected chi connectivity index (χ2v) is 10.1. The number of nitrogens with zero attached hydrogens (tertiary/aromatic N) is 2. The number of nitrogens with one attached hydrogen (secondary N) is 2. The van der Waals surface area contributed by atoms with Gasteiger partial charge in [-0.3, -0.25) is 15.2 Å². The van der Waals surface area contributed by atoms with Gasteiger partial charge in [-0.1, -0.05) is 19.1 Å². The lowest BCUT2D eigenvalue weighted by atomic mass is 9.76. The van der Waals surface area contributed by atoms with Gasteiger partial charge in [-0.2, -0.15) is 0 Å². The van der Waals surface area contributed by atoms with Crippen LogP contribution in [0.3, 0.4) is 0 Å². The Kier molecular flexibility index (Phi) is 5.99. The molecule has 3 heterocycles. The number of rotatable bonds is 4. The molecule has 170 valence electrons. The van der Waals surface area contributed by atoms with Gasteiger partial charge in [0.15, 0.2) is 0 Å². The Bertz CT molecular complexity index is 996. The molecule has 0 radical (unpaired) electrons. The number of amides is 1. The summed E-state index contributed by atoms with van der Waals surface area (Å²) in [5, 5.41) is 0. The van der Waals surface area contributed by atoms with Crippen LogP contribution in [0.4, 0.5) is 4.39 Å². The molecular weight excluding hydrogens is 403 g/mol. The van der Waals surface area contributed by atoms with Crippen molar-refractivity contribution in [3.8, 4) is 0 Å². The van der Waals surface area contributed by atoms with E-state index in [1.165, 1.54) is 12.5 Å². The molecule has 3 aliphatic rings. The fourth-order valence-electron chi connectivity index (χ4n) is 5.88. The van der Waals surface area contributed by atoms with Crippen LogP contribution in [0.2, 0.25) is 0 Å². The van der Waals surface area contributed by atoms with E-state index in [2.05, 4.69) is 29.9 Å². The Hall–Kier alpha value is -2.31. The third-order valence-corrected chi connectivity index (χ3v) is 7.53. The third kappa shape index (κ3) is 4.44. The lowest BCUT2D eigenvalue weighted by Gasteiger charge is -2.32. The Morgan fingerprint density at radius 2 is 2.03 bits per heavy atom. The summed E-state index contributed by atoms with van der Waals surface area (Å²) in [6, 6.07) is 11.3. The second kappa shape index (κ2) is 8.91. The molecule has 1 aromatic heterocycles. The second-order valence-electron chi connectivity index (χ2n) is 10.1. The van der Waals surface area contributed by atoms with Gasteiger partial charge in [-0.05, 0) is 80.3 Å². The summed E-state index contributed by atoms with van der Waals surface area (Å²) >= 11 is 0. The van der Waals surface area contributed by atoms with Gasteiger partial charge in [0.05, 0.1) is 0 Å². The van der Waals surface area contributed by atoms with Crippen molar-refractivity contribution in [2.45, 2.75) is 64.0 Å². The van der Waals surface area contributed by atoms with Crippen molar-refractivity contribution in [1.82, 2.24) is 20.7 Å². The van der Waals surface area contributed by atoms with Crippen LogP contribution in [0.25, 0.3) is 0 Å². The summed E-state index contributed by atoms with van der Waals surface area (Å²) in [4.78, 5) is 20.2. The highest BCUT2D eigenvalue weighted by Crippen LogP contribution is 2.35. The molecule has 5 unspecified atom stereocenters. The van der Waals surface area contributed by atoms with Gasteiger partial charge in [0.25, 0.3) is 0 Å². The van der Waals surface area contributed by atoms with Crippen LogP contribution in [0.15, 0.2) is 36.4 Å². The van der Waals surface area contributed by atoms with Gasteiger partial charge in [0.2, 0.25) is 5.91 Å². The van der Waals surface area contributed by atoms with E-state index in [1.807, 2.05) is 17.9 Å². The third-order valence-electron chi connectivity index (χ3n) is 7.53. The van der Waals surface area contributed by atoms with E-state index < -0.39 is 0 Å². The predicted octanol–water partition coefficient (Wildman–Crippen LogP) is 3.72. The predicted molar refractivity (Wildman–Crippen MR) is 122 cm³/mol. The van der Waals surface area contributed by atoms with Crippen molar-refractivity contribution >= 4 is 5.91 Å². The summed E-state index contributed by atoms with van der Waals surface area (Å²) in [6.45, 7) is 5.81. The fourth-order valence-corrected chi connectivity index (χ4v) is 5.88. The number of hydrogen-bond donors (Lipinski definition) is 2. The molecule has 5 nitrogen and oxygen atoms in total. The number of pyridine rings is 1. The number of halogens is 1. The summed E-state index contributed by atoms with van der Waals surface area (Å²) in [6.07, 6.45) is 5.11. The van der Waals surface area contributed by atoms with E-state index in [-0.39, 0.29) is 23.7 Å². The van der Waals surface area contributed by atoms with E-state index in [4.69, 9.17) is 4.98 Å². The number of benzene rings is 1. The molecule has 0 bridgehead atoms. The number of aryl methyl sites for hydroxylation is 1. The highest BCUT2D eigenvalue weighted by Gasteiger charge is 2.45. The molecule has 1 saturated carbocycles. The molecule has 5 atom stereocenters. The zero-order chi connectivity index (χ0) is 22.2. The lowest BCUT2D eigenvalue weighted by molar-refractivity contribution is -0.133. The van der Waals surface area contributed by atoms with Gasteiger partial charge >= 0.3 is 0 Å². The van der Waals surface area contributed by atoms with Crippen molar-refractivity contribution in [2.75, 3.05) is 13.1 Å². The van der Waals surface area contributed by atoms with E-state index in [1.54, 1.807) is 12.1 Å². The van der Waals surface area contributed by atoms with Crippen molar-refractivity contribution in [3.05, 3.63) is 64.7 Å². The van der Waals surface area contributed by atoms with E-state index >= 15 is 0 Å². The molecule has 2 N–H and O–H groups in total. The molecule has 32 heavy (non-hydrogen) atoms. The summed E-state index contributed by atoms with van der Waals surface area (Å²) in [5.74, 6) is 1.35. The molecule has 3 fully saturated rings. The van der Waals surface area contributed by atoms with E-state index in [0.717, 1.165) is 54.9 Å². The Balaban J connectivity index is 1.27. The Morgan fingerprint density at radius 3 is 2.88 bits per heavy atom. The van der Waals surface area contributed by atoms with Crippen LogP contribution in [0.1, 0.15) is 61.0 Å². The van der Waals surface area contributed by atoms with Gasteiger partial charge in [0.1, 0.15) is 11.9 Å². The summed E-state index contributed by atoms with van der Waals surface area (Å²) in [5.41, 5.74) is 10.8. The highest BCUT2D eigenvalue weighted by molar-refractivity contribution is 5.83. The zero-order valence-corrected chi connectivity index (χ0v) is 19.0. The molecule has 1 amide bonds. The van der Waals surface area contributed by atoms with E-state index in [9.17, 15) is 9.18 Å². The van der Waals surface area contributed by atoms with Crippen LogP contribution in [0.5, 0.6) is 0 Å². The van der Waals surface area contributed by atoms with Crippen molar-refractivity contribution in [1.29, 1.82) is 0 Å². The molecular formula is C26H33FN4O. The van der Waals surface area contributed by atoms with Crippen LogP contribution in [0, 0.1) is 24.6 Å². The zero-order valence-electron chi connectivity index (χ0n) is 19.0. The number of likely N-dealkylation sites (tertiary alicyclic amines) is 1. The number of fused-ring (bicyclic) bond motifs is 1. The first-order chi connectivity index (χ1) is 15.5. The largest absolute Gasteiger partial charge is 0.341 e. The van der Waals surface area contributed by atoms with Crippen molar-refractivity contribution in [3.63, 3.8) is 0 Å². The first-order valence-electron chi connectivity index (χ1n) is 12.0. The van der Waals surface area contributed by atoms with Gasteiger partial charge in [-0.15, -0.1) is 0 Å². The van der Waals surface area contributed by atoms with Crippen LogP contribution < -0.4 is 10.9 Å². The lowest BCUT2D eigenvalue weighted by Crippen LogP contribution is -2.47. The van der Waals surface area contributed by atoms with Crippen LogP contribution in [-0.4, -0.2) is 41.0 Å². The van der Waals surface area contributed by atoms with Gasteiger partial charge < -0.3 is 4.90 Å². The topological polar surface area (TPSA) is 57.3 Å². The van der Waals surface area contributed by atoms with Crippen molar-refractivity contribution < 1.29 is 9.18 Å². The average molecular weight is 437 g/mol. The number of hydrazine groups is 1. The minimum atomic E-state index is -0.206. The molecule has 5 rings (SSSR count). The molecule has 0 spiro atoms. The minimum Gasteiger partial charge on any atom is -0.341 e. The first-order valence-corrected chi connectivity index (χ1v) is 12.0. The first kappa shape index (κ1) is 21.5. The maximum absolute atomic E-state index is 13.6. The standard InChI is InChI=1S/C26H33FN4O/c1-16-6-7-23-22(10-16)25(30-29-23)26(32)31-9-8-20(15-31)24-14-19(11-17(2)28-24)12-18-4-3-5-21(27)13-18/h3-5,11,13-14,16,20,22-23,25,29-30H,6-10,12,15H2,1-2H3. The van der Waals surface area contributed by atoms with Gasteiger partial charge in [-0.25, -0.2) is 9.82 Å². The normalized spacial score (nSPS) is 29.8. The quantitative estimate of drug-likeness (QED) is 0.767. The average Bonchev–Trinajstić information content (AvgIpc) is 3.40. The highest BCUT2D eigenvalue weighted by atomic mass is 19.1. The maximum Gasteiger partial charge on any atom is 0.241 e. The van der Waals surface area contributed by atoms with E-state index in [0.29, 0.717) is 24.3 Å². The molecule has 2 aliphatic heterocycles. The van der Waals surface area contributed by atoms with Gasteiger partial charge in [0, 0.05) is 42.4 Å². The Morgan fingerprint density at radius 1 is 1.16 bits per heavy atom. The number of hydrogen-bond acceptors (Lipinski definition) is 4. The number of carbonyl (C=O) groups excluding carboxylic acids is 1. The summed E-state index contributed by atoms with van der Waals surface area (Å²) < 4.78 is 13.6. The van der Waals surface area contributed by atoms with Crippen molar-refractivity contribution in [2.24, 2.45) is 11.8 Å². The molecule has 2 saturated heterocycles. The maximum atomic E-state index is 13.6. The number of carbonyl (C=O) groups is 1.